The highest BCUT2D eigenvalue weighted by Gasteiger charge is 2.08. The molecule has 98 valence electrons. The minimum Gasteiger partial charge on any atom is -0.463 e. The van der Waals surface area contributed by atoms with Gasteiger partial charge in [-0.2, -0.15) is 0 Å². The molecule has 3 heteroatoms. The van der Waals surface area contributed by atoms with Crippen LogP contribution in [-0.4, -0.2) is 24.3 Å². The van der Waals surface area contributed by atoms with Crippen LogP contribution in [0.5, 0.6) is 0 Å². The Labute approximate surface area is 108 Å². The van der Waals surface area contributed by atoms with E-state index in [-0.39, 0.29) is 18.5 Å². The zero-order valence-corrected chi connectivity index (χ0v) is 10.7. The van der Waals surface area contributed by atoms with Gasteiger partial charge in [-0.3, -0.25) is 0 Å². The van der Waals surface area contributed by atoms with Gasteiger partial charge in [0.1, 0.15) is 0 Å². The summed E-state index contributed by atoms with van der Waals surface area (Å²) in [6.07, 6.45) is 4.68. The number of ether oxygens (including phenoxy) is 1. The van der Waals surface area contributed by atoms with Crippen molar-refractivity contribution in [3.05, 3.63) is 48.0 Å². The lowest BCUT2D eigenvalue weighted by molar-refractivity contribution is -0.137. The van der Waals surface area contributed by atoms with E-state index in [0.717, 1.165) is 6.42 Å². The van der Waals surface area contributed by atoms with Gasteiger partial charge in [-0.25, -0.2) is 4.79 Å². The van der Waals surface area contributed by atoms with Crippen molar-refractivity contribution < 1.29 is 14.6 Å². The van der Waals surface area contributed by atoms with Crippen molar-refractivity contribution in [3.63, 3.8) is 0 Å². The summed E-state index contributed by atoms with van der Waals surface area (Å²) in [5, 5.41) is 9.08. The number of allylic oxidation sites excluding steroid dienone is 1. The van der Waals surface area contributed by atoms with Gasteiger partial charge in [0.15, 0.2) is 0 Å². The summed E-state index contributed by atoms with van der Waals surface area (Å²) in [5.74, 6) is -0.0739. The highest BCUT2D eigenvalue weighted by Crippen LogP contribution is 2.23. The van der Waals surface area contributed by atoms with Crippen LogP contribution in [0.1, 0.15) is 31.2 Å². The second-order valence-electron chi connectivity index (χ2n) is 4.01. The van der Waals surface area contributed by atoms with Crippen LogP contribution in [0.3, 0.4) is 0 Å². The highest BCUT2D eigenvalue weighted by molar-refractivity contribution is 5.81. The first kappa shape index (κ1) is 14.5. The van der Waals surface area contributed by atoms with Gasteiger partial charge in [0, 0.05) is 12.7 Å². The predicted molar refractivity (Wildman–Crippen MR) is 71.3 cm³/mol. The van der Waals surface area contributed by atoms with Crippen LogP contribution in [0.2, 0.25) is 0 Å². The molecule has 0 saturated heterocycles. The largest absolute Gasteiger partial charge is 0.463 e. The van der Waals surface area contributed by atoms with E-state index in [4.69, 9.17) is 9.84 Å². The molecule has 0 bridgehead atoms. The lowest BCUT2D eigenvalue weighted by Crippen LogP contribution is -2.02. The summed E-state index contributed by atoms with van der Waals surface area (Å²) in [6, 6.07) is 10.0. The Morgan fingerprint density at radius 1 is 1.39 bits per heavy atom. The molecular formula is C15H20O3. The Hall–Kier alpha value is -1.61. The van der Waals surface area contributed by atoms with Crippen molar-refractivity contribution >= 4 is 5.97 Å². The van der Waals surface area contributed by atoms with E-state index in [1.54, 1.807) is 6.92 Å². The van der Waals surface area contributed by atoms with E-state index in [2.05, 4.69) is 0 Å². The van der Waals surface area contributed by atoms with Gasteiger partial charge in [-0.15, -0.1) is 0 Å². The molecule has 0 spiro atoms. The Kier molecular flexibility index (Phi) is 6.81. The molecule has 0 heterocycles. The molecule has 18 heavy (non-hydrogen) atoms. The summed E-state index contributed by atoms with van der Waals surface area (Å²) in [5.41, 5.74) is 1.18. The smallest absolute Gasteiger partial charge is 0.330 e. The van der Waals surface area contributed by atoms with Crippen LogP contribution in [0.15, 0.2) is 42.5 Å². The lowest BCUT2D eigenvalue weighted by Gasteiger charge is -2.13. The third-order valence-corrected chi connectivity index (χ3v) is 2.71. The zero-order valence-electron chi connectivity index (χ0n) is 10.7. The van der Waals surface area contributed by atoms with Crippen molar-refractivity contribution in [1.82, 2.24) is 0 Å². The van der Waals surface area contributed by atoms with Gasteiger partial charge in [-0.05, 0) is 31.2 Å². The van der Waals surface area contributed by atoms with Crippen molar-refractivity contribution in [2.75, 3.05) is 13.2 Å². The number of carbonyl (C=O) groups excluding carboxylic acids is 1. The normalized spacial score (nSPS) is 12.6. The van der Waals surface area contributed by atoms with Gasteiger partial charge in [-0.1, -0.05) is 36.4 Å². The minimum absolute atomic E-state index is 0.146. The number of aliphatic hydroxyl groups is 1. The average Bonchev–Trinajstić information content (AvgIpc) is 2.39. The minimum atomic E-state index is -0.312. The third kappa shape index (κ3) is 5.15. The fraction of sp³-hybridized carbons (Fsp3) is 0.400. The number of carbonyl (C=O) groups is 1. The Bertz CT molecular complexity index is 371. The summed E-state index contributed by atoms with van der Waals surface area (Å²) < 4.78 is 4.81. The molecule has 1 N–H and O–H groups in total. The summed E-state index contributed by atoms with van der Waals surface area (Å²) in [4.78, 5) is 11.2. The molecule has 0 aliphatic carbocycles. The number of aliphatic hydroxyl groups excluding tert-OH is 1. The topological polar surface area (TPSA) is 46.5 Å². The first-order valence-corrected chi connectivity index (χ1v) is 6.27. The van der Waals surface area contributed by atoms with Crippen molar-refractivity contribution in [1.29, 1.82) is 0 Å². The molecule has 3 nitrogen and oxygen atoms in total. The average molecular weight is 248 g/mol. The van der Waals surface area contributed by atoms with Gasteiger partial charge in [0.05, 0.1) is 6.61 Å². The van der Waals surface area contributed by atoms with E-state index < -0.39 is 0 Å². The Morgan fingerprint density at radius 3 is 2.72 bits per heavy atom. The fourth-order valence-electron chi connectivity index (χ4n) is 1.82. The SMILES string of the molecule is CCOC(=O)/C=C/C[C@@H](CCO)c1ccccc1. The predicted octanol–water partition coefficient (Wildman–Crippen LogP) is 2.66. The maximum absolute atomic E-state index is 11.2. The number of esters is 1. The van der Waals surface area contributed by atoms with Crippen molar-refractivity contribution in [2.45, 2.75) is 25.7 Å². The van der Waals surface area contributed by atoms with Crippen LogP contribution in [0, 0.1) is 0 Å². The van der Waals surface area contributed by atoms with Crippen LogP contribution in [0.4, 0.5) is 0 Å². The standard InChI is InChI=1S/C15H20O3/c1-2-18-15(17)10-6-9-14(11-12-16)13-7-4-3-5-8-13/h3-8,10,14,16H,2,9,11-12H2,1H3/b10-6+/t14-/m0/s1. The van der Waals surface area contributed by atoms with Gasteiger partial charge in [0.25, 0.3) is 0 Å². The van der Waals surface area contributed by atoms with Crippen LogP contribution >= 0.6 is 0 Å². The molecule has 1 aromatic rings. The number of hydrogen-bond acceptors (Lipinski definition) is 3. The first-order valence-electron chi connectivity index (χ1n) is 6.27. The van der Waals surface area contributed by atoms with E-state index >= 15 is 0 Å². The molecule has 1 atom stereocenters. The van der Waals surface area contributed by atoms with E-state index in [0.29, 0.717) is 13.0 Å². The molecule has 0 radical (unpaired) electrons. The monoisotopic (exact) mass is 248 g/mol. The van der Waals surface area contributed by atoms with E-state index in [9.17, 15) is 4.79 Å². The molecule has 0 fully saturated rings. The molecule has 0 amide bonds. The Balaban J connectivity index is 2.56. The molecule has 0 aliphatic rings. The van der Waals surface area contributed by atoms with Gasteiger partial charge >= 0.3 is 5.97 Å². The molecule has 0 aliphatic heterocycles. The second-order valence-corrected chi connectivity index (χ2v) is 4.01. The maximum atomic E-state index is 11.2. The van der Waals surface area contributed by atoms with Crippen LogP contribution in [-0.2, 0) is 9.53 Å². The van der Waals surface area contributed by atoms with Crippen molar-refractivity contribution in [2.24, 2.45) is 0 Å². The van der Waals surface area contributed by atoms with Crippen LogP contribution in [0.25, 0.3) is 0 Å². The second kappa shape index (κ2) is 8.48. The van der Waals surface area contributed by atoms with E-state index in [1.165, 1.54) is 11.6 Å². The number of rotatable bonds is 7. The Morgan fingerprint density at radius 2 is 2.11 bits per heavy atom. The van der Waals surface area contributed by atoms with Crippen molar-refractivity contribution in [3.8, 4) is 0 Å². The molecule has 0 unspecified atom stereocenters. The molecule has 0 aromatic heterocycles. The zero-order chi connectivity index (χ0) is 13.2. The quantitative estimate of drug-likeness (QED) is 0.596. The lowest BCUT2D eigenvalue weighted by atomic mass is 9.93. The van der Waals surface area contributed by atoms with Gasteiger partial charge in [0.2, 0.25) is 0 Å². The highest BCUT2D eigenvalue weighted by atomic mass is 16.5. The molecule has 0 saturated carbocycles. The van der Waals surface area contributed by atoms with Gasteiger partial charge < -0.3 is 9.84 Å². The molecule has 1 rings (SSSR count). The molecule has 1 aromatic carbocycles. The van der Waals surface area contributed by atoms with Crippen LogP contribution < -0.4 is 0 Å². The van der Waals surface area contributed by atoms with E-state index in [1.807, 2.05) is 36.4 Å². The summed E-state index contributed by atoms with van der Waals surface area (Å²) in [7, 11) is 0. The number of hydrogen-bond donors (Lipinski definition) is 1. The summed E-state index contributed by atoms with van der Waals surface area (Å²) in [6.45, 7) is 2.32. The fourth-order valence-corrected chi connectivity index (χ4v) is 1.82. The summed E-state index contributed by atoms with van der Waals surface area (Å²) >= 11 is 0. The first-order chi connectivity index (χ1) is 8.77. The number of benzene rings is 1. The molecular weight excluding hydrogens is 228 g/mol. The third-order valence-electron chi connectivity index (χ3n) is 2.71. The maximum Gasteiger partial charge on any atom is 0.330 e.